The third kappa shape index (κ3) is 6.75. The molecule has 0 aliphatic heterocycles. The Hall–Kier alpha value is -2.98. The summed E-state index contributed by atoms with van der Waals surface area (Å²) in [4.78, 5) is 24.6. The summed E-state index contributed by atoms with van der Waals surface area (Å²) in [7, 11) is -3.95. The summed E-state index contributed by atoms with van der Waals surface area (Å²) in [6, 6.07) is 4.45. The number of ether oxygens (including phenoxy) is 1. The van der Waals surface area contributed by atoms with Gasteiger partial charge in [-0.15, -0.1) is 13.2 Å². The van der Waals surface area contributed by atoms with Crippen molar-refractivity contribution in [2.75, 3.05) is 19.6 Å². The number of nitro benzene ring substituents is 1. The van der Waals surface area contributed by atoms with Crippen molar-refractivity contribution in [3.8, 4) is 0 Å². The molecule has 0 unspecified atom stereocenters. The van der Waals surface area contributed by atoms with E-state index >= 15 is 0 Å². The number of sulfonamides is 1. The number of carbonyl (C=O) groups is 1. The highest BCUT2D eigenvalue weighted by molar-refractivity contribution is 7.89. The van der Waals surface area contributed by atoms with Crippen LogP contribution in [-0.4, -0.2) is 59.9 Å². The number of carbonyl (C=O) groups excluding carboxylic acids is 1. The largest absolute Gasteiger partial charge is 0.444 e. The SMILES string of the molecule is C=CCN(C(=O)OC(C)(C)C)[C@@H]1CC=C[C@H]1CN(CC=C)S(=O)(=O)c1ccc([N+](=O)[O-])cc1. The van der Waals surface area contributed by atoms with Crippen molar-refractivity contribution >= 4 is 21.8 Å². The predicted molar refractivity (Wildman–Crippen MR) is 126 cm³/mol. The molecule has 0 heterocycles. The fourth-order valence-corrected chi connectivity index (χ4v) is 5.03. The normalized spacial score (nSPS) is 18.2. The first-order valence-electron chi connectivity index (χ1n) is 10.5. The Bertz CT molecular complexity index is 1010. The van der Waals surface area contributed by atoms with Gasteiger partial charge in [0, 0.05) is 43.7 Å². The molecule has 0 N–H and O–H groups in total. The molecule has 0 bridgehead atoms. The number of benzene rings is 1. The van der Waals surface area contributed by atoms with Gasteiger partial charge in [0.1, 0.15) is 5.60 Å². The van der Waals surface area contributed by atoms with Crippen molar-refractivity contribution in [2.45, 2.75) is 43.7 Å². The lowest BCUT2D eigenvalue weighted by atomic mass is 10.0. The zero-order valence-electron chi connectivity index (χ0n) is 19.2. The highest BCUT2D eigenvalue weighted by Crippen LogP contribution is 2.29. The average Bonchev–Trinajstić information content (AvgIpc) is 3.18. The molecule has 10 heteroatoms. The molecular formula is C23H31N3O6S. The molecule has 9 nitrogen and oxygen atoms in total. The van der Waals surface area contributed by atoms with Crippen LogP contribution >= 0.6 is 0 Å². The second kappa shape index (κ2) is 10.8. The molecule has 0 saturated heterocycles. The highest BCUT2D eigenvalue weighted by Gasteiger charge is 2.36. The minimum Gasteiger partial charge on any atom is -0.444 e. The van der Waals surface area contributed by atoms with Crippen LogP contribution in [0.3, 0.4) is 0 Å². The van der Waals surface area contributed by atoms with Crippen molar-refractivity contribution in [3.63, 3.8) is 0 Å². The molecule has 180 valence electrons. The van der Waals surface area contributed by atoms with Crippen molar-refractivity contribution in [1.82, 2.24) is 9.21 Å². The van der Waals surface area contributed by atoms with Crippen molar-refractivity contribution in [2.24, 2.45) is 5.92 Å². The second-order valence-electron chi connectivity index (χ2n) is 8.68. The molecule has 0 aromatic heterocycles. The van der Waals surface area contributed by atoms with Gasteiger partial charge in [-0.1, -0.05) is 24.3 Å². The molecule has 1 aromatic rings. The first kappa shape index (κ1) is 26.3. The van der Waals surface area contributed by atoms with E-state index in [2.05, 4.69) is 13.2 Å². The lowest BCUT2D eigenvalue weighted by Crippen LogP contribution is -2.48. The van der Waals surface area contributed by atoms with Gasteiger partial charge in [-0.2, -0.15) is 4.31 Å². The molecule has 1 aliphatic carbocycles. The molecule has 1 amide bonds. The molecule has 0 radical (unpaired) electrons. The number of amides is 1. The molecule has 0 fully saturated rings. The first-order valence-corrected chi connectivity index (χ1v) is 12.0. The number of nitrogens with zero attached hydrogens (tertiary/aromatic N) is 3. The van der Waals surface area contributed by atoms with Crippen LogP contribution in [0, 0.1) is 16.0 Å². The van der Waals surface area contributed by atoms with Gasteiger partial charge in [-0.3, -0.25) is 10.1 Å². The fourth-order valence-electron chi connectivity index (χ4n) is 3.58. The van der Waals surface area contributed by atoms with Crippen molar-refractivity contribution in [3.05, 3.63) is 71.8 Å². The summed E-state index contributed by atoms with van der Waals surface area (Å²) in [5.74, 6) is -0.287. The highest BCUT2D eigenvalue weighted by atomic mass is 32.2. The van der Waals surface area contributed by atoms with Crippen LogP contribution in [0.5, 0.6) is 0 Å². The topological polar surface area (TPSA) is 110 Å². The minimum atomic E-state index is -3.95. The monoisotopic (exact) mass is 477 g/mol. The Morgan fingerprint density at radius 1 is 1.21 bits per heavy atom. The molecule has 2 atom stereocenters. The number of rotatable bonds is 10. The average molecular weight is 478 g/mol. The first-order chi connectivity index (χ1) is 15.4. The van der Waals surface area contributed by atoms with Crippen molar-refractivity contribution < 1.29 is 22.9 Å². The molecule has 0 saturated carbocycles. The Labute approximate surface area is 195 Å². The second-order valence-corrected chi connectivity index (χ2v) is 10.6. The lowest BCUT2D eigenvalue weighted by Gasteiger charge is -2.35. The third-order valence-corrected chi connectivity index (χ3v) is 6.89. The molecule has 2 rings (SSSR count). The zero-order valence-corrected chi connectivity index (χ0v) is 20.0. The van der Waals surface area contributed by atoms with Crippen LogP contribution in [0.25, 0.3) is 0 Å². The molecule has 1 aliphatic rings. The van der Waals surface area contributed by atoms with Gasteiger partial charge < -0.3 is 9.64 Å². The van der Waals surface area contributed by atoms with Gasteiger partial charge in [0.05, 0.1) is 9.82 Å². The van der Waals surface area contributed by atoms with E-state index in [9.17, 15) is 23.3 Å². The maximum absolute atomic E-state index is 13.3. The molecule has 0 spiro atoms. The Kier molecular flexibility index (Phi) is 8.57. The molecular weight excluding hydrogens is 446 g/mol. The van der Waals surface area contributed by atoms with E-state index in [1.807, 2.05) is 12.2 Å². The third-order valence-electron chi connectivity index (χ3n) is 5.04. The van der Waals surface area contributed by atoms with Gasteiger partial charge in [-0.25, -0.2) is 13.2 Å². The summed E-state index contributed by atoms with van der Waals surface area (Å²) in [6.45, 7) is 13.1. The Morgan fingerprint density at radius 3 is 2.33 bits per heavy atom. The van der Waals surface area contributed by atoms with Gasteiger partial charge in [0.2, 0.25) is 10.0 Å². The number of non-ortho nitro benzene ring substituents is 1. The van der Waals surface area contributed by atoms with Crippen LogP contribution in [0.15, 0.2) is 66.6 Å². The maximum atomic E-state index is 13.3. The Morgan fingerprint density at radius 2 is 1.82 bits per heavy atom. The van der Waals surface area contributed by atoms with Crippen LogP contribution in [0.4, 0.5) is 10.5 Å². The van der Waals surface area contributed by atoms with E-state index in [4.69, 9.17) is 4.74 Å². The van der Waals surface area contributed by atoms with E-state index in [1.165, 1.54) is 22.5 Å². The Balaban J connectivity index is 2.29. The van der Waals surface area contributed by atoms with E-state index in [0.717, 1.165) is 12.1 Å². The molecule has 1 aromatic carbocycles. The summed E-state index contributed by atoms with van der Waals surface area (Å²) in [5.41, 5.74) is -0.868. The number of hydrogen-bond donors (Lipinski definition) is 0. The van der Waals surface area contributed by atoms with Gasteiger partial charge in [0.25, 0.3) is 5.69 Å². The lowest BCUT2D eigenvalue weighted by molar-refractivity contribution is -0.384. The fraction of sp³-hybridized carbons (Fsp3) is 0.435. The van der Waals surface area contributed by atoms with Crippen LogP contribution in [0.1, 0.15) is 27.2 Å². The van der Waals surface area contributed by atoms with Gasteiger partial charge >= 0.3 is 6.09 Å². The summed E-state index contributed by atoms with van der Waals surface area (Å²) >= 11 is 0. The summed E-state index contributed by atoms with van der Waals surface area (Å²) < 4.78 is 33.4. The van der Waals surface area contributed by atoms with E-state index in [1.54, 1.807) is 31.7 Å². The quantitative estimate of drug-likeness (QED) is 0.285. The van der Waals surface area contributed by atoms with E-state index in [0.29, 0.717) is 6.42 Å². The minimum absolute atomic E-state index is 0.0459. The maximum Gasteiger partial charge on any atom is 0.410 e. The smallest absolute Gasteiger partial charge is 0.410 e. The van der Waals surface area contributed by atoms with Gasteiger partial charge in [-0.05, 0) is 39.3 Å². The predicted octanol–water partition coefficient (Wildman–Crippen LogP) is 4.14. The standard InChI is InChI=1S/C23H31N3O6S/c1-6-15-24(33(30,31)20-13-11-19(12-14-20)26(28)29)17-18-9-8-10-21(18)25(16-7-2)22(27)32-23(3,4)5/h6-9,11-14,18,21H,1-2,10,15-17H2,3-5H3/t18-,21+/m0/s1. The number of hydrogen-bond acceptors (Lipinski definition) is 6. The summed E-state index contributed by atoms with van der Waals surface area (Å²) in [5, 5.41) is 10.9. The van der Waals surface area contributed by atoms with Crippen LogP contribution < -0.4 is 0 Å². The number of nitro groups is 1. The van der Waals surface area contributed by atoms with Crippen LogP contribution in [0.2, 0.25) is 0 Å². The zero-order chi connectivity index (χ0) is 24.8. The summed E-state index contributed by atoms with van der Waals surface area (Å²) in [6.07, 6.45) is 6.96. The van der Waals surface area contributed by atoms with Crippen molar-refractivity contribution in [1.29, 1.82) is 0 Å². The van der Waals surface area contributed by atoms with Crippen LogP contribution in [-0.2, 0) is 14.8 Å². The van der Waals surface area contributed by atoms with E-state index in [-0.39, 0.29) is 42.2 Å². The van der Waals surface area contributed by atoms with Gasteiger partial charge in [0.15, 0.2) is 0 Å². The van der Waals surface area contributed by atoms with E-state index < -0.39 is 26.6 Å². The molecule has 33 heavy (non-hydrogen) atoms.